The molecule has 0 aliphatic heterocycles. The highest BCUT2D eigenvalue weighted by atomic mass is 32.1. The second kappa shape index (κ2) is 6.16. The van der Waals surface area contributed by atoms with Gasteiger partial charge in [-0.05, 0) is 24.3 Å². The number of hydrogen-bond donors (Lipinski definition) is 1. The van der Waals surface area contributed by atoms with E-state index in [0.717, 1.165) is 5.75 Å². The second-order valence-corrected chi connectivity index (χ2v) is 3.69. The predicted octanol–water partition coefficient (Wildman–Crippen LogP) is 2.90. The normalized spacial score (nSPS) is 10.1. The SMILES string of the molecule is O=C(OCS)c1ccc(COc2ccccc2)o1. The van der Waals surface area contributed by atoms with E-state index in [0.29, 0.717) is 5.76 Å². The first-order chi connectivity index (χ1) is 8.79. The molecule has 1 heterocycles. The van der Waals surface area contributed by atoms with Gasteiger partial charge in [0, 0.05) is 0 Å². The van der Waals surface area contributed by atoms with Gasteiger partial charge < -0.3 is 13.9 Å². The first-order valence-electron chi connectivity index (χ1n) is 5.34. The van der Waals surface area contributed by atoms with Crippen LogP contribution in [0.4, 0.5) is 0 Å². The summed E-state index contributed by atoms with van der Waals surface area (Å²) in [5.41, 5.74) is 0. The third-order valence-corrected chi connectivity index (χ3v) is 2.31. The maximum atomic E-state index is 11.3. The molecule has 0 aliphatic rings. The van der Waals surface area contributed by atoms with Crippen LogP contribution >= 0.6 is 12.6 Å². The first-order valence-corrected chi connectivity index (χ1v) is 5.97. The van der Waals surface area contributed by atoms with Crippen LogP contribution in [0.1, 0.15) is 16.3 Å². The Morgan fingerprint density at radius 2 is 1.94 bits per heavy atom. The van der Waals surface area contributed by atoms with Crippen LogP contribution in [0.25, 0.3) is 0 Å². The second-order valence-electron chi connectivity index (χ2n) is 3.43. The van der Waals surface area contributed by atoms with Crippen LogP contribution in [0.15, 0.2) is 46.9 Å². The summed E-state index contributed by atoms with van der Waals surface area (Å²) in [6.07, 6.45) is 0. The molecule has 2 aromatic rings. The van der Waals surface area contributed by atoms with Crippen molar-refractivity contribution in [3.63, 3.8) is 0 Å². The van der Waals surface area contributed by atoms with Crippen LogP contribution in [0.5, 0.6) is 5.75 Å². The van der Waals surface area contributed by atoms with Crippen LogP contribution in [-0.4, -0.2) is 11.9 Å². The molecule has 0 spiro atoms. The fraction of sp³-hybridized carbons (Fsp3) is 0.154. The zero-order chi connectivity index (χ0) is 12.8. The number of benzene rings is 1. The number of furan rings is 1. The number of para-hydroxylation sites is 1. The molecule has 0 unspecified atom stereocenters. The smallest absolute Gasteiger partial charge is 0.375 e. The lowest BCUT2D eigenvalue weighted by Gasteiger charge is -2.03. The molecular formula is C13H12O4S. The van der Waals surface area contributed by atoms with Gasteiger partial charge in [0.2, 0.25) is 5.76 Å². The molecule has 0 saturated heterocycles. The van der Waals surface area contributed by atoms with Gasteiger partial charge in [-0.1, -0.05) is 18.2 Å². The van der Waals surface area contributed by atoms with Crippen molar-refractivity contribution in [2.24, 2.45) is 0 Å². The van der Waals surface area contributed by atoms with Crippen molar-refractivity contribution in [2.75, 3.05) is 5.94 Å². The molecule has 2 rings (SSSR count). The molecule has 0 atom stereocenters. The van der Waals surface area contributed by atoms with E-state index in [1.165, 1.54) is 0 Å². The third-order valence-electron chi connectivity index (χ3n) is 2.18. The Morgan fingerprint density at radius 1 is 1.17 bits per heavy atom. The standard InChI is InChI=1S/C13H12O4S/c14-13(16-9-18)12-7-6-11(17-12)8-15-10-4-2-1-3-5-10/h1-7,18H,8-9H2. The molecule has 0 saturated carbocycles. The molecule has 0 bridgehead atoms. The van der Waals surface area contributed by atoms with E-state index in [2.05, 4.69) is 12.6 Å². The molecular weight excluding hydrogens is 252 g/mol. The third kappa shape index (κ3) is 3.30. The predicted molar refractivity (Wildman–Crippen MR) is 68.8 cm³/mol. The zero-order valence-electron chi connectivity index (χ0n) is 9.54. The van der Waals surface area contributed by atoms with Crippen LogP contribution < -0.4 is 4.74 Å². The van der Waals surface area contributed by atoms with Gasteiger partial charge in [-0.15, -0.1) is 12.6 Å². The monoisotopic (exact) mass is 264 g/mol. The van der Waals surface area contributed by atoms with Crippen LogP contribution in [-0.2, 0) is 11.3 Å². The first kappa shape index (κ1) is 12.6. The molecule has 0 fully saturated rings. The fourth-order valence-corrected chi connectivity index (χ4v) is 1.48. The van der Waals surface area contributed by atoms with E-state index in [1.54, 1.807) is 12.1 Å². The maximum absolute atomic E-state index is 11.3. The van der Waals surface area contributed by atoms with Gasteiger partial charge in [-0.25, -0.2) is 4.79 Å². The Hall–Kier alpha value is -1.88. The average molecular weight is 264 g/mol. The van der Waals surface area contributed by atoms with Crippen LogP contribution in [0, 0.1) is 0 Å². The molecule has 1 aromatic carbocycles. The summed E-state index contributed by atoms with van der Waals surface area (Å²) in [4.78, 5) is 11.3. The fourth-order valence-electron chi connectivity index (χ4n) is 1.37. The highest BCUT2D eigenvalue weighted by molar-refractivity contribution is 7.80. The topological polar surface area (TPSA) is 48.7 Å². The van der Waals surface area contributed by atoms with Crippen molar-refractivity contribution in [2.45, 2.75) is 6.61 Å². The summed E-state index contributed by atoms with van der Waals surface area (Å²) >= 11 is 3.80. The van der Waals surface area contributed by atoms with Crippen molar-refractivity contribution < 1.29 is 18.7 Å². The van der Waals surface area contributed by atoms with Gasteiger partial charge in [0.05, 0.1) is 0 Å². The minimum atomic E-state index is -0.532. The lowest BCUT2D eigenvalue weighted by molar-refractivity contribution is 0.0541. The van der Waals surface area contributed by atoms with Gasteiger partial charge in [0.25, 0.3) is 0 Å². The summed E-state index contributed by atoms with van der Waals surface area (Å²) < 4.78 is 15.5. The Bertz CT molecular complexity index is 507. The summed E-state index contributed by atoms with van der Waals surface area (Å²) in [6.45, 7) is 0.262. The minimum Gasteiger partial charge on any atom is -0.486 e. The number of rotatable bonds is 5. The highest BCUT2D eigenvalue weighted by Gasteiger charge is 2.12. The van der Waals surface area contributed by atoms with Gasteiger partial charge in [-0.3, -0.25) is 0 Å². The van der Waals surface area contributed by atoms with E-state index in [1.807, 2.05) is 30.3 Å². The Morgan fingerprint density at radius 3 is 2.67 bits per heavy atom. The largest absolute Gasteiger partial charge is 0.486 e. The van der Waals surface area contributed by atoms with Crippen molar-refractivity contribution >= 4 is 18.6 Å². The lowest BCUT2D eigenvalue weighted by Crippen LogP contribution is -2.01. The van der Waals surface area contributed by atoms with E-state index in [-0.39, 0.29) is 18.3 Å². The van der Waals surface area contributed by atoms with E-state index in [4.69, 9.17) is 13.9 Å². The molecule has 5 heteroatoms. The van der Waals surface area contributed by atoms with E-state index < -0.39 is 5.97 Å². The van der Waals surface area contributed by atoms with Gasteiger partial charge in [-0.2, -0.15) is 0 Å². The Labute approximate surface area is 110 Å². The summed E-state index contributed by atoms with van der Waals surface area (Å²) in [5, 5.41) is 0. The van der Waals surface area contributed by atoms with Crippen molar-refractivity contribution in [3.05, 3.63) is 54.0 Å². The molecule has 1 aromatic heterocycles. The highest BCUT2D eigenvalue weighted by Crippen LogP contribution is 2.14. The number of esters is 1. The number of ether oxygens (including phenoxy) is 2. The van der Waals surface area contributed by atoms with Gasteiger partial charge >= 0.3 is 5.97 Å². The van der Waals surface area contributed by atoms with Crippen molar-refractivity contribution in [1.29, 1.82) is 0 Å². The summed E-state index contributed by atoms with van der Waals surface area (Å²) in [7, 11) is 0. The van der Waals surface area contributed by atoms with Gasteiger partial charge in [0.1, 0.15) is 24.1 Å². The van der Waals surface area contributed by atoms with Crippen molar-refractivity contribution in [1.82, 2.24) is 0 Å². The molecule has 18 heavy (non-hydrogen) atoms. The van der Waals surface area contributed by atoms with Crippen LogP contribution in [0.2, 0.25) is 0 Å². The van der Waals surface area contributed by atoms with E-state index in [9.17, 15) is 4.79 Å². The molecule has 0 N–H and O–H groups in total. The molecule has 94 valence electrons. The number of thiol groups is 1. The summed E-state index contributed by atoms with van der Waals surface area (Å²) in [6, 6.07) is 12.6. The molecule has 0 amide bonds. The maximum Gasteiger partial charge on any atom is 0.375 e. The molecule has 4 nitrogen and oxygen atoms in total. The quantitative estimate of drug-likeness (QED) is 0.512. The zero-order valence-corrected chi connectivity index (χ0v) is 10.4. The molecule has 0 aliphatic carbocycles. The minimum absolute atomic E-state index is 0.0232. The Kier molecular flexibility index (Phi) is 4.30. The lowest BCUT2D eigenvalue weighted by atomic mass is 10.3. The van der Waals surface area contributed by atoms with Gasteiger partial charge in [0.15, 0.2) is 0 Å². The number of hydrogen-bond acceptors (Lipinski definition) is 5. The molecule has 0 radical (unpaired) electrons. The number of carbonyl (C=O) groups is 1. The van der Waals surface area contributed by atoms with Crippen LogP contribution in [0.3, 0.4) is 0 Å². The number of carbonyl (C=O) groups excluding carboxylic acids is 1. The summed E-state index contributed by atoms with van der Waals surface area (Å²) in [5.74, 6) is 0.945. The van der Waals surface area contributed by atoms with Crippen molar-refractivity contribution in [3.8, 4) is 5.75 Å². The van der Waals surface area contributed by atoms with E-state index >= 15 is 0 Å². The average Bonchev–Trinajstić information content (AvgIpc) is 2.87. The Balaban J connectivity index is 1.93.